The Labute approximate surface area is 130 Å². The smallest absolute Gasteiger partial charge is 0.0471 e. The van der Waals surface area contributed by atoms with Gasteiger partial charge in [0.1, 0.15) is 0 Å². The van der Waals surface area contributed by atoms with E-state index in [1.54, 1.807) is 0 Å². The Balaban J connectivity index is 2.07. The van der Waals surface area contributed by atoms with Crippen LogP contribution in [0.2, 0.25) is 0 Å². The van der Waals surface area contributed by atoms with Gasteiger partial charge in [0.15, 0.2) is 0 Å². The minimum absolute atomic E-state index is 0.178. The lowest BCUT2D eigenvalue weighted by molar-refractivity contribution is 0.0121. The summed E-state index contributed by atoms with van der Waals surface area (Å²) in [4.78, 5) is 0. The minimum Gasteiger partial charge on any atom is -0.381 e. The second-order valence-corrected chi connectivity index (χ2v) is 7.56. The van der Waals surface area contributed by atoms with E-state index in [1.165, 1.54) is 11.1 Å². The summed E-state index contributed by atoms with van der Waals surface area (Å²) < 4.78 is 5.60. The number of hydrogen-bond donors (Lipinski definition) is 1. The molecule has 118 valence electrons. The van der Waals surface area contributed by atoms with Crippen LogP contribution < -0.4 is 5.32 Å². The Morgan fingerprint density at radius 3 is 2.14 bits per heavy atom. The average molecular weight is 289 g/mol. The highest BCUT2D eigenvalue weighted by Crippen LogP contribution is 2.34. The molecule has 2 nitrogen and oxygen atoms in total. The van der Waals surface area contributed by atoms with Crippen molar-refractivity contribution in [2.24, 2.45) is 5.41 Å². The summed E-state index contributed by atoms with van der Waals surface area (Å²) in [6, 6.07) is 9.18. The second kappa shape index (κ2) is 6.93. The van der Waals surface area contributed by atoms with Gasteiger partial charge >= 0.3 is 0 Å². The predicted octanol–water partition coefficient (Wildman–Crippen LogP) is 3.98. The zero-order valence-corrected chi connectivity index (χ0v) is 14.2. The number of rotatable bonds is 5. The molecule has 1 aliphatic rings. The third kappa shape index (κ3) is 5.12. The zero-order chi connectivity index (χ0) is 15.3. The van der Waals surface area contributed by atoms with Crippen LogP contribution in [0.15, 0.2) is 24.3 Å². The molecule has 2 rings (SSSR count). The molecule has 1 aromatic carbocycles. The van der Waals surface area contributed by atoms with E-state index in [0.29, 0.717) is 5.41 Å². The summed E-state index contributed by atoms with van der Waals surface area (Å²) in [5, 5.41) is 3.72. The van der Waals surface area contributed by atoms with Crippen molar-refractivity contribution in [3.8, 4) is 0 Å². The summed E-state index contributed by atoms with van der Waals surface area (Å²) >= 11 is 0. The molecule has 2 heteroatoms. The topological polar surface area (TPSA) is 21.3 Å². The van der Waals surface area contributed by atoms with E-state index in [2.05, 4.69) is 57.3 Å². The fourth-order valence-electron chi connectivity index (χ4n) is 3.00. The maximum atomic E-state index is 5.60. The van der Waals surface area contributed by atoms with E-state index < -0.39 is 0 Å². The van der Waals surface area contributed by atoms with Crippen LogP contribution in [0.25, 0.3) is 0 Å². The molecule has 0 unspecified atom stereocenters. The van der Waals surface area contributed by atoms with Crippen molar-refractivity contribution >= 4 is 0 Å². The van der Waals surface area contributed by atoms with Crippen molar-refractivity contribution in [2.45, 2.75) is 58.9 Å². The molecule has 0 bridgehead atoms. The molecule has 1 saturated heterocycles. The normalized spacial score (nSPS) is 18.7. The monoisotopic (exact) mass is 289 g/mol. The van der Waals surface area contributed by atoms with E-state index in [4.69, 9.17) is 4.74 Å². The summed E-state index contributed by atoms with van der Waals surface area (Å²) in [7, 11) is 0. The van der Waals surface area contributed by atoms with Gasteiger partial charge in [-0.15, -0.1) is 0 Å². The van der Waals surface area contributed by atoms with Gasteiger partial charge in [-0.05, 0) is 63.0 Å². The summed E-state index contributed by atoms with van der Waals surface area (Å²) in [6.45, 7) is 11.8. The highest BCUT2D eigenvalue weighted by molar-refractivity contribution is 5.23. The van der Waals surface area contributed by atoms with Crippen LogP contribution in [0, 0.1) is 5.41 Å². The fraction of sp³-hybridized carbons (Fsp3) is 0.684. The molecule has 1 N–H and O–H groups in total. The van der Waals surface area contributed by atoms with Crippen molar-refractivity contribution in [2.75, 3.05) is 19.8 Å². The summed E-state index contributed by atoms with van der Waals surface area (Å²) in [6.07, 6.45) is 4.59. The molecule has 1 aromatic rings. The Bertz CT molecular complexity index is 424. The van der Waals surface area contributed by atoms with Gasteiger partial charge in [0, 0.05) is 25.3 Å². The lowest BCUT2D eigenvalue weighted by atomic mass is 9.74. The van der Waals surface area contributed by atoms with Gasteiger partial charge in [-0.3, -0.25) is 0 Å². The number of nitrogens with one attached hydrogen (secondary N) is 1. The number of benzene rings is 1. The second-order valence-electron chi connectivity index (χ2n) is 7.56. The maximum absolute atomic E-state index is 5.60. The van der Waals surface area contributed by atoms with Gasteiger partial charge in [-0.25, -0.2) is 0 Å². The summed E-state index contributed by atoms with van der Waals surface area (Å²) in [5.41, 5.74) is 3.41. The molecule has 0 radical (unpaired) electrons. The van der Waals surface area contributed by atoms with Gasteiger partial charge in [-0.2, -0.15) is 0 Å². The Kier molecular flexibility index (Phi) is 5.45. The van der Waals surface area contributed by atoms with Crippen LogP contribution in [0.5, 0.6) is 0 Å². The molecule has 0 spiro atoms. The zero-order valence-electron chi connectivity index (χ0n) is 14.2. The third-order valence-electron chi connectivity index (χ3n) is 4.56. The van der Waals surface area contributed by atoms with Gasteiger partial charge < -0.3 is 10.1 Å². The van der Waals surface area contributed by atoms with Crippen LogP contribution in [-0.2, 0) is 17.6 Å². The molecule has 21 heavy (non-hydrogen) atoms. The van der Waals surface area contributed by atoms with Crippen molar-refractivity contribution < 1.29 is 4.74 Å². The van der Waals surface area contributed by atoms with Gasteiger partial charge in [-0.1, -0.05) is 31.2 Å². The lowest BCUT2D eigenvalue weighted by Crippen LogP contribution is -2.47. The first kappa shape index (κ1) is 16.5. The Hall–Kier alpha value is -0.860. The fourth-order valence-corrected chi connectivity index (χ4v) is 3.00. The molecule has 0 aliphatic carbocycles. The maximum Gasteiger partial charge on any atom is 0.0471 e. The van der Waals surface area contributed by atoms with Crippen molar-refractivity contribution in [3.05, 3.63) is 35.4 Å². The first-order valence-electron chi connectivity index (χ1n) is 8.33. The van der Waals surface area contributed by atoms with Crippen LogP contribution >= 0.6 is 0 Å². The predicted molar refractivity (Wildman–Crippen MR) is 89.8 cm³/mol. The van der Waals surface area contributed by atoms with Crippen molar-refractivity contribution in [3.63, 3.8) is 0 Å². The van der Waals surface area contributed by atoms with Crippen LogP contribution in [0.3, 0.4) is 0 Å². The third-order valence-corrected chi connectivity index (χ3v) is 4.56. The van der Waals surface area contributed by atoms with E-state index in [0.717, 1.165) is 45.4 Å². The molecular weight excluding hydrogens is 258 g/mol. The Morgan fingerprint density at radius 2 is 1.62 bits per heavy atom. The van der Waals surface area contributed by atoms with Gasteiger partial charge in [0.05, 0.1) is 0 Å². The number of aryl methyl sites for hydroxylation is 1. The van der Waals surface area contributed by atoms with E-state index >= 15 is 0 Å². The van der Waals surface area contributed by atoms with Crippen LogP contribution in [0.4, 0.5) is 0 Å². The summed E-state index contributed by atoms with van der Waals surface area (Å²) in [5.74, 6) is 0. The first-order chi connectivity index (χ1) is 9.92. The van der Waals surface area contributed by atoms with Crippen LogP contribution in [0.1, 0.15) is 51.7 Å². The minimum atomic E-state index is 0.178. The lowest BCUT2D eigenvalue weighted by Gasteiger charge is -2.40. The van der Waals surface area contributed by atoms with Crippen molar-refractivity contribution in [1.82, 2.24) is 5.32 Å². The Morgan fingerprint density at radius 1 is 1.05 bits per heavy atom. The highest BCUT2D eigenvalue weighted by Gasteiger charge is 2.33. The van der Waals surface area contributed by atoms with Crippen LogP contribution in [-0.4, -0.2) is 25.3 Å². The largest absolute Gasteiger partial charge is 0.381 e. The number of hydrogen-bond acceptors (Lipinski definition) is 2. The van der Waals surface area contributed by atoms with Gasteiger partial charge in [0.2, 0.25) is 0 Å². The van der Waals surface area contributed by atoms with Crippen molar-refractivity contribution in [1.29, 1.82) is 0 Å². The molecule has 0 amide bonds. The van der Waals surface area contributed by atoms with Gasteiger partial charge in [0.25, 0.3) is 0 Å². The molecule has 0 saturated carbocycles. The molecule has 1 aliphatic heterocycles. The van der Waals surface area contributed by atoms with E-state index in [9.17, 15) is 0 Å². The highest BCUT2D eigenvalue weighted by atomic mass is 16.5. The SMILES string of the molecule is CCc1ccc(CC2(CNC(C)(C)C)CCOCC2)cc1. The molecule has 1 heterocycles. The standard InChI is InChI=1S/C19H31NO/c1-5-16-6-8-17(9-7-16)14-19(10-12-21-13-11-19)15-20-18(2,3)4/h6-9,20H,5,10-15H2,1-4H3. The number of ether oxygens (including phenoxy) is 1. The molecule has 0 atom stereocenters. The molecule has 0 aromatic heterocycles. The molecular formula is C19H31NO. The average Bonchev–Trinajstić information content (AvgIpc) is 2.46. The van der Waals surface area contributed by atoms with E-state index in [1.807, 2.05) is 0 Å². The quantitative estimate of drug-likeness (QED) is 0.885. The molecule has 1 fully saturated rings. The van der Waals surface area contributed by atoms with E-state index in [-0.39, 0.29) is 5.54 Å². The first-order valence-corrected chi connectivity index (χ1v) is 8.33.